The maximum atomic E-state index is 12.9. The number of carbonyl (C=O) groups excluding carboxylic acids is 1. The van der Waals surface area contributed by atoms with Crippen molar-refractivity contribution in [2.45, 2.75) is 52.6 Å². The van der Waals surface area contributed by atoms with Gasteiger partial charge in [-0.1, -0.05) is 18.2 Å². The molecular weight excluding hydrogens is 394 g/mol. The molecule has 1 aliphatic rings. The van der Waals surface area contributed by atoms with E-state index in [1.165, 1.54) is 0 Å². The van der Waals surface area contributed by atoms with Crippen LogP contribution in [0.1, 0.15) is 42.5 Å². The molecule has 1 aromatic heterocycles. The van der Waals surface area contributed by atoms with Gasteiger partial charge in [-0.2, -0.15) is 0 Å². The Morgan fingerprint density at radius 1 is 1.23 bits per heavy atom. The third-order valence-electron chi connectivity index (χ3n) is 5.92. The molecule has 1 amide bonds. The third-order valence-corrected chi connectivity index (χ3v) is 5.92. The van der Waals surface area contributed by atoms with E-state index in [-0.39, 0.29) is 17.9 Å². The van der Waals surface area contributed by atoms with Gasteiger partial charge in [0.25, 0.3) is 0 Å². The Kier molecular flexibility index (Phi) is 5.25. The molecule has 0 atom stereocenters. The minimum Gasteiger partial charge on any atom is -0.496 e. The van der Waals surface area contributed by atoms with Crippen molar-refractivity contribution in [2.24, 2.45) is 0 Å². The van der Waals surface area contributed by atoms with Crippen molar-refractivity contribution in [3.63, 3.8) is 0 Å². The van der Waals surface area contributed by atoms with Crippen LogP contribution in [0.15, 0.2) is 39.5 Å². The first-order valence-corrected chi connectivity index (χ1v) is 10.4. The van der Waals surface area contributed by atoms with E-state index in [1.54, 1.807) is 7.11 Å². The van der Waals surface area contributed by atoms with Gasteiger partial charge in [-0.25, -0.2) is 4.79 Å². The number of para-hydroxylation sites is 1. The van der Waals surface area contributed by atoms with Gasteiger partial charge in [-0.15, -0.1) is 0 Å². The van der Waals surface area contributed by atoms with Crippen molar-refractivity contribution < 1.29 is 18.7 Å². The van der Waals surface area contributed by atoms with Crippen molar-refractivity contribution in [3.05, 3.63) is 63.0 Å². The summed E-state index contributed by atoms with van der Waals surface area (Å²) >= 11 is 0. The van der Waals surface area contributed by atoms with E-state index in [9.17, 15) is 9.59 Å². The molecule has 1 N–H and O–H groups in total. The van der Waals surface area contributed by atoms with Crippen LogP contribution in [0.2, 0.25) is 0 Å². The second kappa shape index (κ2) is 7.76. The van der Waals surface area contributed by atoms with Crippen molar-refractivity contribution >= 4 is 22.6 Å². The number of aryl methyl sites for hydroxylation is 3. The quantitative estimate of drug-likeness (QED) is 0.618. The number of rotatable bonds is 4. The molecule has 4 rings (SSSR count). The predicted octanol–water partition coefficient (Wildman–Crippen LogP) is 4.70. The number of methoxy groups -OCH3 is 1. The van der Waals surface area contributed by atoms with E-state index in [4.69, 9.17) is 13.9 Å². The zero-order valence-electron chi connectivity index (χ0n) is 18.5. The van der Waals surface area contributed by atoms with E-state index in [0.717, 1.165) is 29.7 Å². The van der Waals surface area contributed by atoms with Gasteiger partial charge in [0.05, 0.1) is 24.5 Å². The standard InChI is InChI=1S/C25H27NO5/c1-14-8-6-7-9-18(14)26-21(27)12-17-15(2)22-20(29-5)13-19-16(23(22)30-24(17)28)10-11-25(3,4)31-19/h6-9,13H,10-12H2,1-5H3,(H,26,27). The highest BCUT2D eigenvalue weighted by Gasteiger charge is 2.31. The summed E-state index contributed by atoms with van der Waals surface area (Å²) in [4.78, 5) is 25.6. The number of ether oxygens (including phenoxy) is 2. The van der Waals surface area contributed by atoms with Gasteiger partial charge in [0.2, 0.25) is 5.91 Å². The molecule has 1 aliphatic heterocycles. The Hall–Kier alpha value is -3.28. The van der Waals surface area contributed by atoms with Crippen LogP contribution < -0.4 is 20.4 Å². The molecule has 0 radical (unpaired) electrons. The largest absolute Gasteiger partial charge is 0.496 e. The summed E-state index contributed by atoms with van der Waals surface area (Å²) in [6.45, 7) is 7.81. The van der Waals surface area contributed by atoms with Crippen LogP contribution in [0.4, 0.5) is 5.69 Å². The van der Waals surface area contributed by atoms with Crippen LogP contribution in [0.5, 0.6) is 11.5 Å². The number of hydrogen-bond donors (Lipinski definition) is 1. The number of benzene rings is 2. The van der Waals surface area contributed by atoms with E-state index < -0.39 is 5.63 Å². The van der Waals surface area contributed by atoms with E-state index in [1.807, 2.05) is 58.0 Å². The lowest BCUT2D eigenvalue weighted by atomic mass is 9.91. The SMILES string of the molecule is COc1cc2c(c3oc(=O)c(CC(=O)Nc4ccccc4C)c(C)c13)CCC(C)(C)O2. The maximum absolute atomic E-state index is 12.9. The molecule has 0 spiro atoms. The molecule has 6 nitrogen and oxygen atoms in total. The van der Waals surface area contributed by atoms with E-state index in [0.29, 0.717) is 33.6 Å². The lowest BCUT2D eigenvalue weighted by Gasteiger charge is -2.33. The van der Waals surface area contributed by atoms with Gasteiger partial charge in [-0.3, -0.25) is 4.79 Å². The summed E-state index contributed by atoms with van der Waals surface area (Å²) in [5, 5.41) is 3.59. The van der Waals surface area contributed by atoms with Crippen molar-refractivity contribution in [2.75, 3.05) is 12.4 Å². The van der Waals surface area contributed by atoms with Crippen LogP contribution in [0.25, 0.3) is 11.0 Å². The van der Waals surface area contributed by atoms with Crippen LogP contribution in [-0.4, -0.2) is 18.6 Å². The number of anilines is 1. The molecule has 0 bridgehead atoms. The molecule has 0 saturated heterocycles. The van der Waals surface area contributed by atoms with Gasteiger partial charge in [-0.05, 0) is 57.7 Å². The van der Waals surface area contributed by atoms with Crippen LogP contribution in [0.3, 0.4) is 0 Å². The third kappa shape index (κ3) is 3.90. The van der Waals surface area contributed by atoms with Gasteiger partial charge in [0.15, 0.2) is 0 Å². The van der Waals surface area contributed by atoms with E-state index >= 15 is 0 Å². The summed E-state index contributed by atoms with van der Waals surface area (Å²) in [6, 6.07) is 9.37. The van der Waals surface area contributed by atoms with Gasteiger partial charge >= 0.3 is 5.63 Å². The number of carbonyl (C=O) groups is 1. The summed E-state index contributed by atoms with van der Waals surface area (Å²) in [7, 11) is 1.57. The summed E-state index contributed by atoms with van der Waals surface area (Å²) in [5.41, 5.74) is 3.24. The molecular formula is C25H27NO5. The summed E-state index contributed by atoms with van der Waals surface area (Å²) in [5.74, 6) is 0.965. The van der Waals surface area contributed by atoms with Gasteiger partial charge in [0.1, 0.15) is 22.7 Å². The summed E-state index contributed by atoms with van der Waals surface area (Å²) in [6.07, 6.45) is 1.46. The smallest absolute Gasteiger partial charge is 0.340 e. The molecule has 3 aromatic rings. The highest BCUT2D eigenvalue weighted by molar-refractivity contribution is 5.96. The highest BCUT2D eigenvalue weighted by atomic mass is 16.5. The average Bonchev–Trinajstić information content (AvgIpc) is 2.71. The topological polar surface area (TPSA) is 77.8 Å². The normalized spacial score (nSPS) is 14.6. The Labute approximate surface area is 181 Å². The fourth-order valence-corrected chi connectivity index (χ4v) is 4.12. The number of nitrogens with one attached hydrogen (secondary N) is 1. The van der Waals surface area contributed by atoms with Crippen molar-refractivity contribution in [3.8, 4) is 11.5 Å². The van der Waals surface area contributed by atoms with Crippen LogP contribution in [0, 0.1) is 13.8 Å². The Morgan fingerprint density at radius 3 is 2.68 bits per heavy atom. The molecule has 2 heterocycles. The minimum atomic E-state index is -0.509. The first kappa shape index (κ1) is 21.0. The van der Waals surface area contributed by atoms with E-state index in [2.05, 4.69) is 5.32 Å². The zero-order chi connectivity index (χ0) is 22.3. The molecule has 0 aliphatic carbocycles. The monoisotopic (exact) mass is 421 g/mol. The minimum absolute atomic E-state index is 0.0811. The molecule has 31 heavy (non-hydrogen) atoms. The Morgan fingerprint density at radius 2 is 1.97 bits per heavy atom. The number of fused-ring (bicyclic) bond motifs is 3. The maximum Gasteiger partial charge on any atom is 0.340 e. The highest BCUT2D eigenvalue weighted by Crippen LogP contribution is 2.43. The number of amides is 1. The second-order valence-electron chi connectivity index (χ2n) is 8.65. The lowest BCUT2D eigenvalue weighted by molar-refractivity contribution is -0.115. The fraction of sp³-hybridized carbons (Fsp3) is 0.360. The molecule has 2 aromatic carbocycles. The molecule has 0 unspecified atom stereocenters. The van der Waals surface area contributed by atoms with Gasteiger partial charge < -0.3 is 19.2 Å². The zero-order valence-corrected chi connectivity index (χ0v) is 18.5. The fourth-order valence-electron chi connectivity index (χ4n) is 4.12. The summed E-state index contributed by atoms with van der Waals surface area (Å²) < 4.78 is 17.5. The van der Waals surface area contributed by atoms with Gasteiger partial charge in [0, 0.05) is 17.3 Å². The first-order valence-electron chi connectivity index (χ1n) is 10.4. The second-order valence-corrected chi connectivity index (χ2v) is 8.65. The predicted molar refractivity (Wildman–Crippen MR) is 120 cm³/mol. The Bertz CT molecular complexity index is 1240. The van der Waals surface area contributed by atoms with Crippen LogP contribution >= 0.6 is 0 Å². The molecule has 0 fully saturated rings. The molecule has 162 valence electrons. The average molecular weight is 421 g/mol. The number of hydrogen-bond acceptors (Lipinski definition) is 5. The first-order chi connectivity index (χ1) is 14.7. The lowest BCUT2D eigenvalue weighted by Crippen LogP contribution is -2.32. The van der Waals surface area contributed by atoms with Crippen molar-refractivity contribution in [1.82, 2.24) is 0 Å². The van der Waals surface area contributed by atoms with Crippen LogP contribution in [-0.2, 0) is 17.6 Å². The van der Waals surface area contributed by atoms with Crippen molar-refractivity contribution in [1.29, 1.82) is 0 Å². The molecule has 6 heteroatoms. The Balaban J connectivity index is 1.77. The molecule has 0 saturated carbocycles.